The van der Waals surface area contributed by atoms with Gasteiger partial charge in [0.15, 0.2) is 11.8 Å². The Hall–Kier alpha value is -2.42. The van der Waals surface area contributed by atoms with Gasteiger partial charge in [-0.05, 0) is 25.1 Å². The highest BCUT2D eigenvalue weighted by Crippen LogP contribution is 2.24. The summed E-state index contributed by atoms with van der Waals surface area (Å²) in [5, 5.41) is 0.295. The van der Waals surface area contributed by atoms with Crippen LogP contribution in [0.15, 0.2) is 41.7 Å². The number of aromatic amines is 1. The molecular formula is C18H20F3N3O2S. The number of ether oxygens (including phenoxy) is 1. The van der Waals surface area contributed by atoms with E-state index in [0.29, 0.717) is 21.9 Å². The van der Waals surface area contributed by atoms with Crippen LogP contribution in [0, 0.1) is 6.92 Å². The lowest BCUT2D eigenvalue weighted by molar-refractivity contribution is -0.153. The number of rotatable bonds is 5. The summed E-state index contributed by atoms with van der Waals surface area (Å²) in [4.78, 5) is 11.3. The van der Waals surface area contributed by atoms with Crippen molar-refractivity contribution >= 4 is 21.8 Å². The van der Waals surface area contributed by atoms with Crippen molar-refractivity contribution in [2.45, 2.75) is 37.9 Å². The van der Waals surface area contributed by atoms with Gasteiger partial charge in [-0.1, -0.05) is 26.0 Å². The van der Waals surface area contributed by atoms with Crippen molar-refractivity contribution in [3.8, 4) is 5.75 Å². The van der Waals surface area contributed by atoms with E-state index in [2.05, 4.69) is 15.0 Å². The zero-order valence-corrected chi connectivity index (χ0v) is 15.9. The van der Waals surface area contributed by atoms with Crippen LogP contribution in [-0.4, -0.2) is 31.9 Å². The maximum absolute atomic E-state index is 12.5. The molecule has 0 aliphatic rings. The van der Waals surface area contributed by atoms with Crippen molar-refractivity contribution in [2.24, 2.45) is 0 Å². The van der Waals surface area contributed by atoms with Crippen molar-refractivity contribution in [3.05, 3.63) is 47.8 Å². The van der Waals surface area contributed by atoms with Crippen LogP contribution in [0.2, 0.25) is 0 Å². The molecule has 1 atom stereocenters. The molecule has 5 nitrogen and oxygen atoms in total. The molecule has 27 heavy (non-hydrogen) atoms. The third-order valence-corrected chi connectivity index (χ3v) is 4.66. The lowest BCUT2D eigenvalue weighted by atomic mass is 10.2. The monoisotopic (exact) mass is 399 g/mol. The van der Waals surface area contributed by atoms with Crippen molar-refractivity contribution in [1.29, 1.82) is 0 Å². The van der Waals surface area contributed by atoms with Gasteiger partial charge in [0.1, 0.15) is 5.75 Å². The molecule has 2 heterocycles. The summed E-state index contributed by atoms with van der Waals surface area (Å²) in [6, 6.07) is 8.62. The minimum atomic E-state index is -4.42. The summed E-state index contributed by atoms with van der Waals surface area (Å²) in [5.74, 6) is 0.0958. The lowest BCUT2D eigenvalue weighted by Gasteiger charge is -2.13. The average molecular weight is 399 g/mol. The summed E-state index contributed by atoms with van der Waals surface area (Å²) in [5.41, 5.74) is 2.28. The fraction of sp³-hybridized carbons (Fsp3) is 0.333. The second-order valence-corrected chi connectivity index (χ2v) is 6.70. The predicted molar refractivity (Wildman–Crippen MR) is 98.1 cm³/mol. The maximum atomic E-state index is 12.5. The Morgan fingerprint density at radius 2 is 1.89 bits per heavy atom. The number of halogens is 3. The van der Waals surface area contributed by atoms with E-state index in [4.69, 9.17) is 4.74 Å². The molecule has 1 aromatic carbocycles. The first-order valence-electron chi connectivity index (χ1n) is 8.30. The number of para-hydroxylation sites is 2. The van der Waals surface area contributed by atoms with E-state index in [0.717, 1.165) is 5.52 Å². The molecule has 1 unspecified atom stereocenters. The third kappa shape index (κ3) is 5.53. The Bertz CT molecular complexity index is 893. The number of benzene rings is 1. The van der Waals surface area contributed by atoms with Crippen LogP contribution >= 0.6 is 0 Å². The Kier molecular flexibility index (Phi) is 6.95. The van der Waals surface area contributed by atoms with E-state index in [1.807, 2.05) is 32.0 Å². The summed E-state index contributed by atoms with van der Waals surface area (Å²) < 4.78 is 54.2. The number of alkyl halides is 3. The molecule has 0 aliphatic heterocycles. The normalized spacial score (nSPS) is 12.4. The molecule has 0 aliphatic carbocycles. The Balaban J connectivity index is 0.00000126. The minimum Gasteiger partial charge on any atom is -0.484 e. The first kappa shape index (κ1) is 20.9. The van der Waals surface area contributed by atoms with Gasteiger partial charge in [-0.3, -0.25) is 9.19 Å². The van der Waals surface area contributed by atoms with Gasteiger partial charge in [-0.15, -0.1) is 0 Å². The maximum Gasteiger partial charge on any atom is 0.422 e. The number of H-pyrrole nitrogens is 1. The summed E-state index contributed by atoms with van der Waals surface area (Å²) in [7, 11) is -1.51. The molecular weight excluding hydrogens is 379 g/mol. The molecule has 0 saturated heterocycles. The largest absolute Gasteiger partial charge is 0.484 e. The van der Waals surface area contributed by atoms with E-state index in [9.17, 15) is 17.4 Å². The Morgan fingerprint density at radius 1 is 1.19 bits per heavy atom. The van der Waals surface area contributed by atoms with Gasteiger partial charge in [0.05, 0.1) is 33.3 Å². The number of imidazole rings is 1. The number of nitrogens with zero attached hydrogens (tertiary/aromatic N) is 2. The highest BCUT2D eigenvalue weighted by Gasteiger charge is 2.29. The molecule has 0 amide bonds. The third-order valence-electron chi connectivity index (χ3n) is 3.50. The van der Waals surface area contributed by atoms with E-state index >= 15 is 0 Å². The second-order valence-electron chi connectivity index (χ2n) is 5.33. The van der Waals surface area contributed by atoms with E-state index in [-0.39, 0.29) is 11.5 Å². The van der Waals surface area contributed by atoms with Crippen molar-refractivity contribution in [1.82, 2.24) is 15.0 Å². The number of pyridine rings is 1. The van der Waals surface area contributed by atoms with Gasteiger partial charge in [-0.25, -0.2) is 4.98 Å². The quantitative estimate of drug-likeness (QED) is 0.684. The van der Waals surface area contributed by atoms with E-state index < -0.39 is 23.6 Å². The molecule has 9 heteroatoms. The highest BCUT2D eigenvalue weighted by molar-refractivity contribution is 7.84. The first-order valence-corrected chi connectivity index (χ1v) is 9.62. The number of aromatic nitrogens is 3. The average Bonchev–Trinajstić information content (AvgIpc) is 3.08. The van der Waals surface area contributed by atoms with Crippen LogP contribution in [0.25, 0.3) is 11.0 Å². The molecule has 0 saturated carbocycles. The summed E-state index contributed by atoms with van der Waals surface area (Å²) >= 11 is 0. The molecule has 1 N–H and O–H groups in total. The van der Waals surface area contributed by atoms with Gasteiger partial charge >= 0.3 is 6.18 Å². The zero-order valence-electron chi connectivity index (χ0n) is 15.1. The molecule has 146 valence electrons. The summed E-state index contributed by atoms with van der Waals surface area (Å²) in [6.07, 6.45) is -3.09. The van der Waals surface area contributed by atoms with Gasteiger partial charge in [-0.2, -0.15) is 13.2 Å². The highest BCUT2D eigenvalue weighted by atomic mass is 32.2. The van der Waals surface area contributed by atoms with Gasteiger partial charge < -0.3 is 9.72 Å². The van der Waals surface area contributed by atoms with Crippen molar-refractivity contribution < 1.29 is 22.1 Å². The van der Waals surface area contributed by atoms with Crippen LogP contribution in [0.4, 0.5) is 13.2 Å². The fourth-order valence-corrected chi connectivity index (χ4v) is 3.35. The van der Waals surface area contributed by atoms with Crippen LogP contribution in [0.3, 0.4) is 0 Å². The van der Waals surface area contributed by atoms with E-state index in [1.165, 1.54) is 12.3 Å². The van der Waals surface area contributed by atoms with Crippen molar-refractivity contribution in [2.75, 3.05) is 6.61 Å². The second kappa shape index (κ2) is 8.98. The fourth-order valence-electron chi connectivity index (χ4n) is 2.25. The molecule has 0 bridgehead atoms. The van der Waals surface area contributed by atoms with Crippen LogP contribution in [0.5, 0.6) is 5.75 Å². The topological polar surface area (TPSA) is 67.9 Å². The Morgan fingerprint density at radius 3 is 2.56 bits per heavy atom. The van der Waals surface area contributed by atoms with Gasteiger partial charge in [0.2, 0.25) is 0 Å². The van der Waals surface area contributed by atoms with Crippen LogP contribution in [-0.2, 0) is 16.6 Å². The predicted octanol–water partition coefficient (Wildman–Crippen LogP) is 4.54. The number of fused-ring (bicyclic) bond motifs is 1. The van der Waals surface area contributed by atoms with E-state index in [1.54, 1.807) is 13.0 Å². The smallest absolute Gasteiger partial charge is 0.422 e. The molecule has 3 aromatic rings. The summed E-state index contributed by atoms with van der Waals surface area (Å²) in [6.45, 7) is 4.20. The molecule has 3 rings (SSSR count). The first-order chi connectivity index (χ1) is 12.8. The standard InChI is InChI=1S/C16H14F3N3O2S.C2H6/c1-10-13(20-7-6-14(10)24-9-16(17,18)19)8-25(23)15-21-11-4-2-3-5-12(11)22-15;1-2/h2-7H,8-9H2,1H3,(H,21,22);1-2H3. The van der Waals surface area contributed by atoms with Gasteiger partial charge in [0, 0.05) is 11.8 Å². The minimum absolute atomic E-state index is 0.0227. The number of hydrogen-bond acceptors (Lipinski definition) is 4. The number of hydrogen-bond donors (Lipinski definition) is 1. The zero-order chi connectivity index (χ0) is 20.0. The van der Waals surface area contributed by atoms with Crippen LogP contribution < -0.4 is 4.74 Å². The molecule has 2 aromatic heterocycles. The SMILES string of the molecule is CC.Cc1c(OCC(F)(F)F)ccnc1CS(=O)c1nc2ccccc2[nH]1. The molecule has 0 fully saturated rings. The lowest BCUT2D eigenvalue weighted by Crippen LogP contribution is -2.19. The Labute approximate surface area is 157 Å². The van der Waals surface area contributed by atoms with Gasteiger partial charge in [0.25, 0.3) is 0 Å². The number of nitrogens with one attached hydrogen (secondary N) is 1. The van der Waals surface area contributed by atoms with Crippen LogP contribution in [0.1, 0.15) is 25.1 Å². The molecule has 0 spiro atoms. The molecule has 0 radical (unpaired) electrons. The van der Waals surface area contributed by atoms with Crippen molar-refractivity contribution in [3.63, 3.8) is 0 Å².